The van der Waals surface area contributed by atoms with E-state index >= 15 is 0 Å². The molecule has 0 spiro atoms. The lowest BCUT2D eigenvalue weighted by atomic mass is 9.91. The zero-order valence-electron chi connectivity index (χ0n) is 11.6. The number of hydrogen-bond donors (Lipinski definition) is 2. The molecular formula is C13H25NO4. The number of hydrogen-bond acceptors (Lipinski definition) is 4. The van der Waals surface area contributed by atoms with Crippen LogP contribution >= 0.6 is 0 Å². The lowest BCUT2D eigenvalue weighted by Gasteiger charge is -2.40. The normalized spacial score (nSPS) is 16.9. The zero-order valence-corrected chi connectivity index (χ0v) is 11.6. The minimum absolute atomic E-state index is 0.0268. The van der Waals surface area contributed by atoms with E-state index < -0.39 is 5.60 Å². The van der Waals surface area contributed by atoms with Gasteiger partial charge in [0.2, 0.25) is 0 Å². The van der Waals surface area contributed by atoms with Gasteiger partial charge in [-0.2, -0.15) is 0 Å². The highest BCUT2D eigenvalue weighted by Crippen LogP contribution is 2.24. The first-order chi connectivity index (χ1) is 8.35. The molecular weight excluding hydrogens is 234 g/mol. The summed E-state index contributed by atoms with van der Waals surface area (Å²) in [6.45, 7) is 7.06. The Bertz CT molecular complexity index is 265. The van der Waals surface area contributed by atoms with Crippen molar-refractivity contribution >= 4 is 6.09 Å². The van der Waals surface area contributed by atoms with Crippen LogP contribution in [0.3, 0.4) is 0 Å². The maximum atomic E-state index is 11.7. The molecule has 0 unspecified atom stereocenters. The van der Waals surface area contributed by atoms with Gasteiger partial charge in [0, 0.05) is 32.2 Å². The summed E-state index contributed by atoms with van der Waals surface area (Å²) in [7, 11) is 0. The Morgan fingerprint density at radius 1 is 1.33 bits per heavy atom. The van der Waals surface area contributed by atoms with Crippen LogP contribution in [0.5, 0.6) is 0 Å². The highest BCUT2D eigenvalue weighted by atomic mass is 16.6. The van der Waals surface area contributed by atoms with Crippen molar-refractivity contribution in [3.63, 3.8) is 0 Å². The predicted molar refractivity (Wildman–Crippen MR) is 68.2 cm³/mol. The van der Waals surface area contributed by atoms with Crippen LogP contribution < -0.4 is 0 Å². The summed E-state index contributed by atoms with van der Waals surface area (Å²) in [4.78, 5) is 13.4. The number of aliphatic hydroxyl groups is 2. The first-order valence-corrected chi connectivity index (χ1v) is 6.55. The van der Waals surface area contributed by atoms with Crippen LogP contribution in [-0.2, 0) is 4.74 Å². The Hall–Kier alpha value is -0.810. The molecule has 1 rings (SSSR count). The van der Waals surface area contributed by atoms with Gasteiger partial charge in [-0.05, 0) is 39.5 Å². The molecule has 1 saturated heterocycles. The quantitative estimate of drug-likeness (QED) is 0.779. The first kappa shape index (κ1) is 15.2. The fourth-order valence-corrected chi connectivity index (χ4v) is 1.94. The van der Waals surface area contributed by atoms with Gasteiger partial charge in [-0.15, -0.1) is 0 Å². The number of aliphatic hydroxyl groups excluding tert-OH is 2. The van der Waals surface area contributed by atoms with E-state index in [1.54, 1.807) is 4.90 Å². The van der Waals surface area contributed by atoms with Crippen LogP contribution in [0.2, 0.25) is 0 Å². The maximum Gasteiger partial charge on any atom is 0.410 e. The van der Waals surface area contributed by atoms with Crippen molar-refractivity contribution in [2.45, 2.75) is 39.2 Å². The molecule has 1 aliphatic rings. The first-order valence-electron chi connectivity index (χ1n) is 6.55. The Labute approximate surface area is 109 Å². The minimum Gasteiger partial charge on any atom is -0.444 e. The van der Waals surface area contributed by atoms with Gasteiger partial charge in [0.15, 0.2) is 0 Å². The number of carbonyl (C=O) groups excluding carboxylic acids is 1. The SMILES string of the molecule is CC(C)(C)OC(=O)N1CC(CCC(CO)CO)C1. The molecule has 2 N–H and O–H groups in total. The largest absolute Gasteiger partial charge is 0.444 e. The summed E-state index contributed by atoms with van der Waals surface area (Å²) in [5.74, 6) is 0.443. The fourth-order valence-electron chi connectivity index (χ4n) is 1.94. The van der Waals surface area contributed by atoms with Crippen molar-refractivity contribution in [2.75, 3.05) is 26.3 Å². The van der Waals surface area contributed by atoms with Gasteiger partial charge >= 0.3 is 6.09 Å². The lowest BCUT2D eigenvalue weighted by molar-refractivity contribution is -0.00387. The molecule has 0 aromatic rings. The van der Waals surface area contributed by atoms with Gasteiger partial charge in [0.05, 0.1) is 0 Å². The highest BCUT2D eigenvalue weighted by molar-refractivity contribution is 5.69. The van der Waals surface area contributed by atoms with Crippen LogP contribution in [0, 0.1) is 11.8 Å². The molecule has 0 saturated carbocycles. The number of ether oxygens (including phenoxy) is 1. The standard InChI is InChI=1S/C13H25NO4/c1-13(2,3)18-12(17)14-6-10(7-14)4-5-11(8-15)9-16/h10-11,15-16H,4-9H2,1-3H3. The van der Waals surface area contributed by atoms with Crippen molar-refractivity contribution in [2.24, 2.45) is 11.8 Å². The maximum absolute atomic E-state index is 11.7. The lowest BCUT2D eigenvalue weighted by Crippen LogP contribution is -2.51. The van der Waals surface area contributed by atoms with E-state index in [1.807, 2.05) is 20.8 Å². The second-order valence-corrected chi connectivity index (χ2v) is 6.06. The summed E-state index contributed by atoms with van der Waals surface area (Å²) in [5.41, 5.74) is -0.443. The summed E-state index contributed by atoms with van der Waals surface area (Å²) < 4.78 is 5.26. The van der Waals surface area contributed by atoms with Crippen molar-refractivity contribution in [1.29, 1.82) is 0 Å². The van der Waals surface area contributed by atoms with E-state index in [4.69, 9.17) is 14.9 Å². The number of nitrogens with zero attached hydrogens (tertiary/aromatic N) is 1. The molecule has 0 aliphatic carbocycles. The third kappa shape index (κ3) is 4.82. The van der Waals surface area contributed by atoms with Crippen LogP contribution in [0.15, 0.2) is 0 Å². The number of likely N-dealkylation sites (tertiary alicyclic amines) is 1. The Morgan fingerprint density at radius 3 is 2.33 bits per heavy atom. The fraction of sp³-hybridized carbons (Fsp3) is 0.923. The van der Waals surface area contributed by atoms with E-state index in [0.717, 1.165) is 25.9 Å². The number of amides is 1. The Balaban J connectivity index is 2.18. The molecule has 5 nitrogen and oxygen atoms in total. The highest BCUT2D eigenvalue weighted by Gasteiger charge is 2.33. The molecule has 106 valence electrons. The van der Waals surface area contributed by atoms with Gasteiger partial charge in [-0.3, -0.25) is 0 Å². The molecule has 1 aliphatic heterocycles. The molecule has 1 heterocycles. The van der Waals surface area contributed by atoms with E-state index in [1.165, 1.54) is 0 Å². The predicted octanol–water partition coefficient (Wildman–Crippen LogP) is 1.23. The molecule has 18 heavy (non-hydrogen) atoms. The van der Waals surface area contributed by atoms with Gasteiger partial charge in [0.1, 0.15) is 5.60 Å². The molecule has 0 radical (unpaired) electrons. The van der Waals surface area contributed by atoms with Gasteiger partial charge < -0.3 is 19.8 Å². The van der Waals surface area contributed by atoms with Crippen LogP contribution in [0.25, 0.3) is 0 Å². The third-order valence-electron chi connectivity index (χ3n) is 3.11. The summed E-state index contributed by atoms with van der Waals surface area (Å²) in [5, 5.41) is 17.9. The molecule has 0 atom stereocenters. The van der Waals surface area contributed by atoms with Gasteiger partial charge in [-0.25, -0.2) is 4.79 Å². The van der Waals surface area contributed by atoms with E-state index in [9.17, 15) is 4.79 Å². The average molecular weight is 259 g/mol. The van der Waals surface area contributed by atoms with Crippen molar-refractivity contribution < 1.29 is 19.7 Å². The number of carbonyl (C=O) groups is 1. The monoisotopic (exact) mass is 259 g/mol. The Morgan fingerprint density at radius 2 is 1.89 bits per heavy atom. The smallest absolute Gasteiger partial charge is 0.410 e. The van der Waals surface area contributed by atoms with E-state index in [0.29, 0.717) is 5.92 Å². The topological polar surface area (TPSA) is 70.0 Å². The van der Waals surface area contributed by atoms with Crippen molar-refractivity contribution in [3.05, 3.63) is 0 Å². The average Bonchev–Trinajstić information content (AvgIpc) is 2.18. The summed E-state index contributed by atoms with van der Waals surface area (Å²) in [6.07, 6.45) is 1.49. The van der Waals surface area contributed by atoms with E-state index in [-0.39, 0.29) is 25.2 Å². The molecule has 1 fully saturated rings. The van der Waals surface area contributed by atoms with Crippen LogP contribution in [0.1, 0.15) is 33.6 Å². The van der Waals surface area contributed by atoms with Gasteiger partial charge in [-0.1, -0.05) is 0 Å². The molecule has 0 bridgehead atoms. The number of rotatable bonds is 5. The van der Waals surface area contributed by atoms with E-state index in [2.05, 4.69) is 0 Å². The third-order valence-corrected chi connectivity index (χ3v) is 3.11. The van der Waals surface area contributed by atoms with Crippen LogP contribution in [0.4, 0.5) is 4.79 Å². The summed E-state index contributed by atoms with van der Waals surface area (Å²) >= 11 is 0. The Kier molecular flexibility index (Phi) is 5.41. The second kappa shape index (κ2) is 6.38. The summed E-state index contributed by atoms with van der Waals surface area (Å²) in [6, 6.07) is 0. The zero-order chi connectivity index (χ0) is 13.8. The van der Waals surface area contributed by atoms with Crippen molar-refractivity contribution in [3.8, 4) is 0 Å². The van der Waals surface area contributed by atoms with Crippen LogP contribution in [-0.4, -0.2) is 53.1 Å². The van der Waals surface area contributed by atoms with Crippen molar-refractivity contribution in [1.82, 2.24) is 4.90 Å². The molecule has 0 aromatic heterocycles. The molecule has 0 aromatic carbocycles. The second-order valence-electron chi connectivity index (χ2n) is 6.06. The molecule has 5 heteroatoms. The minimum atomic E-state index is -0.443. The molecule has 1 amide bonds. The van der Waals surface area contributed by atoms with Gasteiger partial charge in [0.25, 0.3) is 0 Å².